The maximum absolute atomic E-state index is 12.0. The summed E-state index contributed by atoms with van der Waals surface area (Å²) in [6.45, 7) is 0.766. The van der Waals surface area contributed by atoms with Crippen molar-refractivity contribution in [2.45, 2.75) is 12.5 Å². The molecule has 1 N–H and O–H groups in total. The van der Waals surface area contributed by atoms with Crippen LogP contribution in [0.25, 0.3) is 0 Å². The monoisotopic (exact) mass is 282 g/mol. The Morgan fingerprint density at radius 3 is 3.22 bits per heavy atom. The molecule has 18 heavy (non-hydrogen) atoms. The van der Waals surface area contributed by atoms with Gasteiger partial charge in [0.15, 0.2) is 11.3 Å². The van der Waals surface area contributed by atoms with E-state index in [1.54, 1.807) is 23.9 Å². The molecule has 94 valence electrons. The molecule has 0 spiro atoms. The molecule has 0 bridgehead atoms. The van der Waals surface area contributed by atoms with Crippen LogP contribution in [0.1, 0.15) is 5.56 Å². The van der Waals surface area contributed by atoms with E-state index in [1.807, 2.05) is 6.07 Å². The van der Waals surface area contributed by atoms with E-state index < -0.39 is 6.10 Å². The second-order valence-corrected chi connectivity index (χ2v) is 5.61. The van der Waals surface area contributed by atoms with Gasteiger partial charge in [0.2, 0.25) is 0 Å². The van der Waals surface area contributed by atoms with Crippen molar-refractivity contribution in [3.8, 4) is 5.75 Å². The summed E-state index contributed by atoms with van der Waals surface area (Å²) in [7, 11) is 0. The maximum atomic E-state index is 12.0. The SMILES string of the molecule is O=C(NC1=NCCS1)[C@@H]1Cc2cc(Cl)ccc2O1. The van der Waals surface area contributed by atoms with Crippen LogP contribution in [0.5, 0.6) is 5.75 Å². The third-order valence-electron chi connectivity index (χ3n) is 2.81. The van der Waals surface area contributed by atoms with Crippen molar-refractivity contribution in [2.24, 2.45) is 4.99 Å². The fraction of sp³-hybridized carbons (Fsp3) is 0.333. The van der Waals surface area contributed by atoms with Crippen molar-refractivity contribution in [1.29, 1.82) is 0 Å². The largest absolute Gasteiger partial charge is 0.480 e. The van der Waals surface area contributed by atoms with Crippen LogP contribution in [-0.2, 0) is 11.2 Å². The Bertz CT molecular complexity index is 533. The van der Waals surface area contributed by atoms with Gasteiger partial charge in [0, 0.05) is 17.2 Å². The first kappa shape index (κ1) is 11.9. The number of benzene rings is 1. The van der Waals surface area contributed by atoms with Gasteiger partial charge in [0.1, 0.15) is 5.75 Å². The van der Waals surface area contributed by atoms with Crippen LogP contribution in [-0.4, -0.2) is 29.5 Å². The highest BCUT2D eigenvalue weighted by Gasteiger charge is 2.30. The molecule has 1 atom stereocenters. The second-order valence-electron chi connectivity index (χ2n) is 4.09. The van der Waals surface area contributed by atoms with Gasteiger partial charge in [0.05, 0.1) is 6.54 Å². The van der Waals surface area contributed by atoms with Crippen LogP contribution in [0, 0.1) is 0 Å². The van der Waals surface area contributed by atoms with E-state index in [4.69, 9.17) is 16.3 Å². The van der Waals surface area contributed by atoms with E-state index in [2.05, 4.69) is 10.3 Å². The number of hydrogen-bond acceptors (Lipinski definition) is 4. The summed E-state index contributed by atoms with van der Waals surface area (Å²) in [6, 6.07) is 5.40. The fourth-order valence-electron chi connectivity index (χ4n) is 1.96. The minimum absolute atomic E-state index is 0.143. The number of amides is 1. The summed E-state index contributed by atoms with van der Waals surface area (Å²) in [5, 5.41) is 4.14. The number of thioether (sulfide) groups is 1. The van der Waals surface area contributed by atoms with Gasteiger partial charge in [-0.2, -0.15) is 0 Å². The molecule has 1 amide bonds. The fourth-order valence-corrected chi connectivity index (χ4v) is 2.89. The van der Waals surface area contributed by atoms with Crippen LogP contribution in [0.2, 0.25) is 5.02 Å². The van der Waals surface area contributed by atoms with Crippen molar-refractivity contribution >= 4 is 34.4 Å². The number of aliphatic imine (C=N–C) groups is 1. The number of nitrogens with zero attached hydrogens (tertiary/aromatic N) is 1. The lowest BCUT2D eigenvalue weighted by Crippen LogP contribution is -2.39. The molecule has 0 saturated heterocycles. The average molecular weight is 283 g/mol. The molecular weight excluding hydrogens is 272 g/mol. The Morgan fingerprint density at radius 1 is 1.56 bits per heavy atom. The van der Waals surface area contributed by atoms with Gasteiger partial charge in [0.25, 0.3) is 5.91 Å². The van der Waals surface area contributed by atoms with Crippen molar-refractivity contribution in [3.63, 3.8) is 0 Å². The molecule has 2 aliphatic heterocycles. The third kappa shape index (κ3) is 2.33. The number of halogens is 1. The van der Waals surface area contributed by atoms with E-state index >= 15 is 0 Å². The van der Waals surface area contributed by atoms with Crippen LogP contribution in [0.4, 0.5) is 0 Å². The molecule has 4 nitrogen and oxygen atoms in total. The molecule has 1 aromatic carbocycles. The lowest BCUT2D eigenvalue weighted by molar-refractivity contribution is -0.125. The first-order chi connectivity index (χ1) is 8.72. The standard InChI is InChI=1S/C12H11ClN2O2S/c13-8-1-2-9-7(5-8)6-10(17-9)11(16)15-12-14-3-4-18-12/h1-2,5,10H,3-4,6H2,(H,14,15,16)/t10-/m0/s1. The van der Waals surface area contributed by atoms with Crippen molar-refractivity contribution in [1.82, 2.24) is 5.32 Å². The Morgan fingerprint density at radius 2 is 2.44 bits per heavy atom. The average Bonchev–Trinajstić information content (AvgIpc) is 2.96. The highest BCUT2D eigenvalue weighted by molar-refractivity contribution is 8.14. The number of hydrogen-bond donors (Lipinski definition) is 1. The first-order valence-electron chi connectivity index (χ1n) is 5.65. The zero-order valence-corrected chi connectivity index (χ0v) is 11.1. The maximum Gasteiger partial charge on any atom is 0.267 e. The Balaban J connectivity index is 1.68. The molecular formula is C12H11ClN2O2S. The van der Waals surface area contributed by atoms with E-state index in [9.17, 15) is 4.79 Å². The number of fused-ring (bicyclic) bond motifs is 1. The lowest BCUT2D eigenvalue weighted by atomic mass is 10.1. The molecule has 2 aliphatic rings. The summed E-state index contributed by atoms with van der Waals surface area (Å²) in [4.78, 5) is 16.2. The number of carbonyl (C=O) groups excluding carboxylic acids is 1. The van der Waals surface area contributed by atoms with Gasteiger partial charge in [-0.3, -0.25) is 9.79 Å². The molecule has 0 unspecified atom stereocenters. The van der Waals surface area contributed by atoms with Crippen molar-refractivity contribution < 1.29 is 9.53 Å². The van der Waals surface area contributed by atoms with Crippen LogP contribution < -0.4 is 10.1 Å². The van der Waals surface area contributed by atoms with Crippen LogP contribution in [0.3, 0.4) is 0 Å². The van der Waals surface area contributed by atoms with E-state index in [0.29, 0.717) is 16.6 Å². The van der Waals surface area contributed by atoms with E-state index in [0.717, 1.165) is 23.6 Å². The van der Waals surface area contributed by atoms with E-state index in [-0.39, 0.29) is 5.91 Å². The predicted molar refractivity (Wildman–Crippen MR) is 72.5 cm³/mol. The quantitative estimate of drug-likeness (QED) is 0.855. The molecule has 0 fully saturated rings. The predicted octanol–water partition coefficient (Wildman–Crippen LogP) is 1.86. The topological polar surface area (TPSA) is 50.7 Å². The van der Waals surface area contributed by atoms with Gasteiger partial charge < -0.3 is 10.1 Å². The number of carbonyl (C=O) groups is 1. The highest BCUT2D eigenvalue weighted by atomic mass is 35.5. The molecule has 2 heterocycles. The van der Waals surface area contributed by atoms with Crippen LogP contribution >= 0.6 is 23.4 Å². The second kappa shape index (κ2) is 4.82. The van der Waals surface area contributed by atoms with Gasteiger partial charge >= 0.3 is 0 Å². The molecule has 0 aliphatic carbocycles. The zero-order chi connectivity index (χ0) is 12.5. The van der Waals surface area contributed by atoms with Crippen molar-refractivity contribution in [3.05, 3.63) is 28.8 Å². The number of nitrogens with one attached hydrogen (secondary N) is 1. The molecule has 0 aromatic heterocycles. The minimum Gasteiger partial charge on any atom is -0.480 e. The summed E-state index contributed by atoms with van der Waals surface area (Å²) in [5.41, 5.74) is 0.976. The molecule has 3 rings (SSSR count). The van der Waals surface area contributed by atoms with Crippen molar-refractivity contribution in [2.75, 3.05) is 12.3 Å². The molecule has 1 aromatic rings. The van der Waals surface area contributed by atoms with Gasteiger partial charge in [-0.25, -0.2) is 0 Å². The zero-order valence-electron chi connectivity index (χ0n) is 9.48. The first-order valence-corrected chi connectivity index (χ1v) is 7.02. The van der Waals surface area contributed by atoms with Gasteiger partial charge in [-0.05, 0) is 23.8 Å². The van der Waals surface area contributed by atoms with E-state index in [1.165, 1.54) is 0 Å². The molecule has 0 saturated carbocycles. The summed E-state index contributed by atoms with van der Waals surface area (Å²) in [6.07, 6.45) is 0.0713. The number of amidine groups is 1. The smallest absolute Gasteiger partial charge is 0.267 e. The summed E-state index contributed by atoms with van der Waals surface area (Å²) in [5.74, 6) is 1.52. The van der Waals surface area contributed by atoms with Gasteiger partial charge in [-0.15, -0.1) is 0 Å². The molecule has 0 radical (unpaired) electrons. The Labute approximate surface area is 114 Å². The van der Waals surface area contributed by atoms with Crippen LogP contribution in [0.15, 0.2) is 23.2 Å². The Hall–Kier alpha value is -1.20. The summed E-state index contributed by atoms with van der Waals surface area (Å²) < 4.78 is 5.60. The normalized spacial score (nSPS) is 21.2. The molecule has 6 heteroatoms. The minimum atomic E-state index is -0.484. The number of rotatable bonds is 1. The van der Waals surface area contributed by atoms with Gasteiger partial charge in [-0.1, -0.05) is 23.4 Å². The summed E-state index contributed by atoms with van der Waals surface area (Å²) >= 11 is 7.47. The third-order valence-corrected chi connectivity index (χ3v) is 3.93. The number of ether oxygens (including phenoxy) is 1. The lowest BCUT2D eigenvalue weighted by Gasteiger charge is -2.10. The highest BCUT2D eigenvalue weighted by Crippen LogP contribution is 2.31. The Kier molecular flexibility index (Phi) is 3.18.